The van der Waals surface area contributed by atoms with Gasteiger partial charge in [-0.15, -0.1) is 0 Å². The van der Waals surface area contributed by atoms with E-state index in [1.165, 1.54) is 0 Å². The molecule has 0 aromatic heterocycles. The Kier molecular flexibility index (Phi) is 3.54. The number of carboxylic acids is 2. The molecule has 8 heteroatoms. The van der Waals surface area contributed by atoms with Crippen LogP contribution in [0.3, 0.4) is 0 Å². The van der Waals surface area contributed by atoms with Gasteiger partial charge in [0, 0.05) is 18.3 Å². The molecule has 8 unspecified atom stereocenters. The van der Waals surface area contributed by atoms with Gasteiger partial charge in [-0.3, -0.25) is 19.2 Å². The molecule has 8 nitrogen and oxygen atoms in total. The van der Waals surface area contributed by atoms with Gasteiger partial charge in [0.25, 0.3) is 12.9 Å². The van der Waals surface area contributed by atoms with Crippen LogP contribution in [0.25, 0.3) is 0 Å². The van der Waals surface area contributed by atoms with Crippen molar-refractivity contribution in [1.29, 1.82) is 0 Å². The number of carbonyl (C=O) groups is 4. The highest BCUT2D eigenvalue weighted by Gasteiger charge is 2.69. The van der Waals surface area contributed by atoms with Crippen LogP contribution in [0.2, 0.25) is 0 Å². The van der Waals surface area contributed by atoms with Gasteiger partial charge in [-0.1, -0.05) is 0 Å². The minimum absolute atomic E-state index is 0.267. The molecule has 0 saturated heterocycles. The van der Waals surface area contributed by atoms with Crippen LogP contribution < -0.4 is 0 Å². The third-order valence-electron chi connectivity index (χ3n) is 5.64. The van der Waals surface area contributed by atoms with Gasteiger partial charge in [0.15, 0.2) is 0 Å². The fourth-order valence-corrected chi connectivity index (χ4v) is 5.20. The lowest BCUT2D eigenvalue weighted by Crippen LogP contribution is -2.45. The van der Waals surface area contributed by atoms with E-state index >= 15 is 0 Å². The number of hydrogen-bond acceptors (Lipinski definition) is 6. The number of ether oxygens (including phenoxy) is 2. The molecule has 8 atom stereocenters. The third kappa shape index (κ3) is 1.89. The molecule has 120 valence electrons. The summed E-state index contributed by atoms with van der Waals surface area (Å²) < 4.78 is 10.1. The van der Waals surface area contributed by atoms with Crippen LogP contribution in [0, 0.1) is 35.5 Å². The van der Waals surface area contributed by atoms with Crippen molar-refractivity contribution in [2.45, 2.75) is 25.0 Å². The molecule has 0 aromatic rings. The van der Waals surface area contributed by atoms with Crippen LogP contribution in [-0.4, -0.2) is 47.3 Å². The highest BCUT2D eigenvalue weighted by atomic mass is 16.5. The second kappa shape index (κ2) is 5.26. The van der Waals surface area contributed by atoms with E-state index in [0.29, 0.717) is 25.8 Å². The smallest absolute Gasteiger partial charge is 0.307 e. The van der Waals surface area contributed by atoms with Gasteiger partial charge in [-0.25, -0.2) is 0 Å². The van der Waals surface area contributed by atoms with E-state index in [0.717, 1.165) is 0 Å². The molecule has 2 N–H and O–H groups in total. The summed E-state index contributed by atoms with van der Waals surface area (Å²) in [5, 5.41) is 18.8. The van der Waals surface area contributed by atoms with Gasteiger partial charge in [-0.05, 0) is 18.3 Å². The van der Waals surface area contributed by atoms with Crippen LogP contribution in [0.15, 0.2) is 0 Å². The lowest BCUT2D eigenvalue weighted by Gasteiger charge is -2.36. The van der Waals surface area contributed by atoms with E-state index < -0.39 is 36.0 Å². The van der Waals surface area contributed by atoms with E-state index in [1.54, 1.807) is 0 Å². The van der Waals surface area contributed by atoms with Gasteiger partial charge < -0.3 is 19.7 Å². The van der Waals surface area contributed by atoms with Crippen LogP contribution in [0.1, 0.15) is 12.8 Å². The van der Waals surface area contributed by atoms with Gasteiger partial charge in [0.05, 0.1) is 11.8 Å². The van der Waals surface area contributed by atoms with Gasteiger partial charge in [0.2, 0.25) is 0 Å². The number of fused-ring (bicyclic) bond motifs is 5. The molecule has 3 aliphatic rings. The second-order valence-corrected chi connectivity index (χ2v) is 6.22. The van der Waals surface area contributed by atoms with Gasteiger partial charge in [-0.2, -0.15) is 0 Å². The molecule has 0 heterocycles. The topological polar surface area (TPSA) is 127 Å². The largest absolute Gasteiger partial charge is 0.481 e. The maximum atomic E-state index is 11.5. The zero-order valence-electron chi connectivity index (χ0n) is 11.5. The van der Waals surface area contributed by atoms with E-state index in [9.17, 15) is 29.4 Å². The average Bonchev–Trinajstić information content (AvgIpc) is 3.09. The quantitative estimate of drug-likeness (QED) is 0.643. The fraction of sp³-hybridized carbons (Fsp3) is 0.714. The van der Waals surface area contributed by atoms with Crippen molar-refractivity contribution in [2.24, 2.45) is 35.5 Å². The number of carbonyl (C=O) groups excluding carboxylic acids is 2. The number of rotatable bonds is 6. The summed E-state index contributed by atoms with van der Waals surface area (Å²) >= 11 is 0. The molecule has 0 radical (unpaired) electrons. The van der Waals surface area contributed by atoms with Crippen molar-refractivity contribution in [3.8, 4) is 0 Å². The van der Waals surface area contributed by atoms with Crippen molar-refractivity contribution in [1.82, 2.24) is 0 Å². The van der Waals surface area contributed by atoms with Crippen molar-refractivity contribution in [2.75, 3.05) is 0 Å². The summed E-state index contributed by atoms with van der Waals surface area (Å²) in [7, 11) is 0. The normalized spacial score (nSPS) is 45.1. The molecule has 0 spiro atoms. The molecule has 22 heavy (non-hydrogen) atoms. The Hall–Kier alpha value is -2.12. The first-order chi connectivity index (χ1) is 10.5. The standard InChI is InChI=1S/C14H16O8/c15-3-21-7-2-8(22-4-16)10-6-1-5(9(7)10)11(13(17)18)12(6)14(19)20/h3-12H,1-2H2,(H,17,18)(H,19,20). The van der Waals surface area contributed by atoms with Crippen LogP contribution in [0.4, 0.5) is 0 Å². The molecule has 3 aliphatic carbocycles. The fourth-order valence-electron chi connectivity index (χ4n) is 5.20. The molecule has 0 amide bonds. The lowest BCUT2D eigenvalue weighted by atomic mass is 9.68. The van der Waals surface area contributed by atoms with E-state index in [1.807, 2.05) is 0 Å². The summed E-state index contributed by atoms with van der Waals surface area (Å²) in [5.74, 6) is -5.54. The second-order valence-electron chi connectivity index (χ2n) is 6.22. The lowest BCUT2D eigenvalue weighted by molar-refractivity contribution is -0.161. The summed E-state index contributed by atoms with van der Waals surface area (Å²) in [5.41, 5.74) is 0. The first-order valence-electron chi connectivity index (χ1n) is 7.15. The Morgan fingerprint density at radius 1 is 0.818 bits per heavy atom. The van der Waals surface area contributed by atoms with Crippen LogP contribution in [0.5, 0.6) is 0 Å². The van der Waals surface area contributed by atoms with Crippen LogP contribution in [-0.2, 0) is 28.7 Å². The monoisotopic (exact) mass is 312 g/mol. The zero-order valence-corrected chi connectivity index (χ0v) is 11.5. The summed E-state index contributed by atoms with van der Waals surface area (Å²) in [6, 6.07) is 0. The predicted molar refractivity (Wildman–Crippen MR) is 67.3 cm³/mol. The molecule has 3 rings (SSSR count). The SMILES string of the molecule is O=COC1CC(OC=O)C2C3CC(C(C(=O)O)C3C(=O)O)C12. The zero-order chi connectivity index (χ0) is 16.0. The highest BCUT2D eigenvalue weighted by Crippen LogP contribution is 2.64. The Morgan fingerprint density at radius 3 is 1.55 bits per heavy atom. The molecule has 3 fully saturated rings. The molecular formula is C14H16O8. The first kappa shape index (κ1) is 14.8. The minimum atomic E-state index is -1.14. The van der Waals surface area contributed by atoms with Crippen molar-refractivity contribution >= 4 is 24.9 Å². The summed E-state index contributed by atoms with van der Waals surface area (Å²) in [4.78, 5) is 44.3. The first-order valence-corrected chi connectivity index (χ1v) is 7.15. The van der Waals surface area contributed by atoms with Crippen LogP contribution >= 0.6 is 0 Å². The molecular weight excluding hydrogens is 296 g/mol. The molecule has 2 bridgehead atoms. The van der Waals surface area contributed by atoms with Crippen molar-refractivity contribution < 1.29 is 38.9 Å². The molecule has 0 aliphatic heterocycles. The number of aliphatic carboxylic acids is 2. The maximum Gasteiger partial charge on any atom is 0.307 e. The Labute approximate surface area is 125 Å². The van der Waals surface area contributed by atoms with Gasteiger partial charge >= 0.3 is 11.9 Å². The number of hydrogen-bond donors (Lipinski definition) is 2. The minimum Gasteiger partial charge on any atom is -0.481 e. The Morgan fingerprint density at radius 2 is 1.23 bits per heavy atom. The van der Waals surface area contributed by atoms with E-state index in [2.05, 4.69) is 0 Å². The Balaban J connectivity index is 1.95. The van der Waals surface area contributed by atoms with E-state index in [4.69, 9.17) is 9.47 Å². The third-order valence-corrected chi connectivity index (χ3v) is 5.64. The average molecular weight is 312 g/mol. The summed E-state index contributed by atoms with van der Waals surface area (Å²) in [6.07, 6.45) is -0.322. The molecule has 3 saturated carbocycles. The highest BCUT2D eigenvalue weighted by molar-refractivity contribution is 5.82. The molecule has 0 aromatic carbocycles. The predicted octanol–water partition coefficient (Wildman–Crippen LogP) is -0.243. The van der Waals surface area contributed by atoms with E-state index in [-0.39, 0.29) is 23.7 Å². The summed E-state index contributed by atoms with van der Waals surface area (Å²) in [6.45, 7) is 0.614. The van der Waals surface area contributed by atoms with Crippen molar-refractivity contribution in [3.63, 3.8) is 0 Å². The number of carboxylic acid groups (broad SMARTS) is 2. The van der Waals surface area contributed by atoms with Crippen molar-refractivity contribution in [3.05, 3.63) is 0 Å². The Bertz CT molecular complexity index is 473. The van der Waals surface area contributed by atoms with Gasteiger partial charge in [0.1, 0.15) is 12.2 Å². The maximum absolute atomic E-state index is 11.5.